The van der Waals surface area contributed by atoms with E-state index in [9.17, 15) is 0 Å². The van der Waals surface area contributed by atoms with Gasteiger partial charge in [-0.3, -0.25) is 0 Å². The van der Waals surface area contributed by atoms with E-state index in [-0.39, 0.29) is 6.04 Å². The third-order valence-corrected chi connectivity index (χ3v) is 3.04. The monoisotopic (exact) mass is 276 g/mol. The van der Waals surface area contributed by atoms with Crippen molar-refractivity contribution in [1.82, 2.24) is 0 Å². The molecule has 0 aromatic heterocycles. The Morgan fingerprint density at radius 2 is 2.15 bits per heavy atom. The lowest BCUT2D eigenvalue weighted by Crippen LogP contribution is -2.30. The largest absolute Gasteiger partial charge is 0.493 e. The van der Waals surface area contributed by atoms with E-state index < -0.39 is 0 Å². The normalized spacial score (nSPS) is 11.9. The van der Waals surface area contributed by atoms with Gasteiger partial charge in [0.15, 0.2) is 0 Å². The molecule has 1 aromatic carbocycles. The third-order valence-electron chi connectivity index (χ3n) is 3.04. The summed E-state index contributed by atoms with van der Waals surface area (Å²) < 4.78 is 10.9. The van der Waals surface area contributed by atoms with Gasteiger partial charge in [0, 0.05) is 25.3 Å². The van der Waals surface area contributed by atoms with Gasteiger partial charge < -0.3 is 14.8 Å². The summed E-state index contributed by atoms with van der Waals surface area (Å²) in [7, 11) is 1.71. The number of hydrogen-bond acceptors (Lipinski definition) is 4. The minimum Gasteiger partial charge on any atom is -0.493 e. The van der Waals surface area contributed by atoms with Crippen molar-refractivity contribution in [3.05, 3.63) is 24.3 Å². The maximum Gasteiger partial charge on any atom is 0.121 e. The van der Waals surface area contributed by atoms with Crippen molar-refractivity contribution < 1.29 is 9.47 Å². The summed E-state index contributed by atoms with van der Waals surface area (Å²) >= 11 is 0. The van der Waals surface area contributed by atoms with E-state index in [1.807, 2.05) is 24.3 Å². The summed E-state index contributed by atoms with van der Waals surface area (Å²) in [4.78, 5) is 0. The standard InChI is InChI=1S/C16H24N2O2/c1-13(2)16(12-19-3)18-14-7-6-8-15(11-14)20-10-5-4-9-17/h6-8,11,13,16,18H,4-5,10,12H2,1-3H3. The van der Waals surface area contributed by atoms with Crippen molar-refractivity contribution in [3.8, 4) is 11.8 Å². The molecule has 0 spiro atoms. The van der Waals surface area contributed by atoms with Crippen LogP contribution in [0.25, 0.3) is 0 Å². The predicted octanol–water partition coefficient (Wildman–Crippen LogP) is 3.45. The highest BCUT2D eigenvalue weighted by atomic mass is 16.5. The molecule has 0 aliphatic carbocycles. The fourth-order valence-electron chi connectivity index (χ4n) is 1.81. The Hall–Kier alpha value is -1.73. The second kappa shape index (κ2) is 9.22. The molecule has 4 nitrogen and oxygen atoms in total. The van der Waals surface area contributed by atoms with Crippen LogP contribution in [-0.2, 0) is 4.74 Å². The molecule has 110 valence electrons. The van der Waals surface area contributed by atoms with Crippen LogP contribution in [0.1, 0.15) is 26.7 Å². The van der Waals surface area contributed by atoms with E-state index in [0.29, 0.717) is 25.6 Å². The number of nitriles is 1. The molecule has 20 heavy (non-hydrogen) atoms. The molecule has 0 saturated heterocycles. The molecule has 1 N–H and O–H groups in total. The van der Waals surface area contributed by atoms with Gasteiger partial charge in [0.25, 0.3) is 0 Å². The number of rotatable bonds is 9. The summed E-state index contributed by atoms with van der Waals surface area (Å²) in [5.41, 5.74) is 1.03. The van der Waals surface area contributed by atoms with Gasteiger partial charge in [0.1, 0.15) is 5.75 Å². The van der Waals surface area contributed by atoms with Gasteiger partial charge in [-0.05, 0) is 24.5 Å². The SMILES string of the molecule is COCC(Nc1cccc(OCCCC#N)c1)C(C)C. The first-order valence-corrected chi connectivity index (χ1v) is 7.02. The van der Waals surface area contributed by atoms with Crippen molar-refractivity contribution in [2.24, 2.45) is 5.92 Å². The molecule has 0 aliphatic rings. The minimum atomic E-state index is 0.272. The molecule has 0 saturated carbocycles. The molecule has 0 fully saturated rings. The molecule has 0 amide bonds. The third kappa shape index (κ3) is 5.94. The lowest BCUT2D eigenvalue weighted by molar-refractivity contribution is 0.171. The average molecular weight is 276 g/mol. The first kappa shape index (κ1) is 16.3. The van der Waals surface area contributed by atoms with Gasteiger partial charge >= 0.3 is 0 Å². The molecule has 0 radical (unpaired) electrons. The predicted molar refractivity (Wildman–Crippen MR) is 80.9 cm³/mol. The van der Waals surface area contributed by atoms with Crippen LogP contribution in [0.5, 0.6) is 5.75 Å². The Morgan fingerprint density at radius 3 is 2.80 bits per heavy atom. The Morgan fingerprint density at radius 1 is 1.35 bits per heavy atom. The van der Waals surface area contributed by atoms with Crippen LogP contribution in [-0.4, -0.2) is 26.4 Å². The van der Waals surface area contributed by atoms with Crippen molar-refractivity contribution in [2.45, 2.75) is 32.7 Å². The van der Waals surface area contributed by atoms with Gasteiger partial charge in [-0.25, -0.2) is 0 Å². The van der Waals surface area contributed by atoms with Crippen molar-refractivity contribution >= 4 is 5.69 Å². The lowest BCUT2D eigenvalue weighted by atomic mass is 10.1. The summed E-state index contributed by atoms with van der Waals surface area (Å²) in [5.74, 6) is 1.31. The zero-order chi connectivity index (χ0) is 14.8. The molecular formula is C16H24N2O2. The Kier molecular flexibility index (Phi) is 7.52. The van der Waals surface area contributed by atoms with Crippen molar-refractivity contribution in [3.63, 3.8) is 0 Å². The van der Waals surface area contributed by atoms with Crippen LogP contribution >= 0.6 is 0 Å². The van der Waals surface area contributed by atoms with E-state index in [0.717, 1.165) is 17.9 Å². The Bertz CT molecular complexity index is 427. The van der Waals surface area contributed by atoms with E-state index in [2.05, 4.69) is 25.2 Å². The van der Waals surface area contributed by atoms with Crippen LogP contribution in [0.3, 0.4) is 0 Å². The van der Waals surface area contributed by atoms with Crippen molar-refractivity contribution in [2.75, 3.05) is 25.6 Å². The quantitative estimate of drug-likeness (QED) is 0.702. The maximum absolute atomic E-state index is 8.48. The number of anilines is 1. The van der Waals surface area contributed by atoms with Gasteiger partial charge in [0.2, 0.25) is 0 Å². The second-order valence-corrected chi connectivity index (χ2v) is 5.09. The van der Waals surface area contributed by atoms with Gasteiger partial charge in [-0.2, -0.15) is 5.26 Å². The van der Waals surface area contributed by atoms with Gasteiger partial charge in [0.05, 0.1) is 25.3 Å². The van der Waals surface area contributed by atoms with E-state index >= 15 is 0 Å². The van der Waals surface area contributed by atoms with E-state index in [1.54, 1.807) is 7.11 Å². The number of nitrogens with one attached hydrogen (secondary N) is 1. The van der Waals surface area contributed by atoms with E-state index in [1.165, 1.54) is 0 Å². The molecular weight excluding hydrogens is 252 g/mol. The highest BCUT2D eigenvalue weighted by molar-refractivity contribution is 5.49. The first-order valence-electron chi connectivity index (χ1n) is 7.02. The molecule has 4 heteroatoms. The van der Waals surface area contributed by atoms with Gasteiger partial charge in [-0.15, -0.1) is 0 Å². The molecule has 0 bridgehead atoms. The number of ether oxygens (including phenoxy) is 2. The zero-order valence-electron chi connectivity index (χ0n) is 12.6. The number of methoxy groups -OCH3 is 1. The highest BCUT2D eigenvalue weighted by Crippen LogP contribution is 2.20. The number of hydrogen-bond donors (Lipinski definition) is 1. The Balaban J connectivity index is 2.56. The Labute approximate surface area is 121 Å². The maximum atomic E-state index is 8.48. The van der Waals surface area contributed by atoms with Crippen LogP contribution in [0.15, 0.2) is 24.3 Å². The number of benzene rings is 1. The average Bonchev–Trinajstić information content (AvgIpc) is 2.43. The molecule has 0 heterocycles. The summed E-state index contributed by atoms with van der Waals surface area (Å²) in [5, 5.41) is 11.9. The molecule has 1 unspecified atom stereocenters. The lowest BCUT2D eigenvalue weighted by Gasteiger charge is -2.23. The molecule has 1 atom stereocenters. The smallest absolute Gasteiger partial charge is 0.121 e. The van der Waals surface area contributed by atoms with Crippen molar-refractivity contribution in [1.29, 1.82) is 5.26 Å². The van der Waals surface area contributed by atoms with E-state index in [4.69, 9.17) is 14.7 Å². The van der Waals surface area contributed by atoms with Crippen LogP contribution in [0, 0.1) is 17.2 Å². The first-order chi connectivity index (χ1) is 9.67. The molecule has 1 rings (SSSR count). The van der Waals surface area contributed by atoms with Crippen LogP contribution < -0.4 is 10.1 Å². The number of nitrogens with zero attached hydrogens (tertiary/aromatic N) is 1. The molecule has 0 aliphatic heterocycles. The molecule has 1 aromatic rings. The van der Waals surface area contributed by atoms with Gasteiger partial charge in [-0.1, -0.05) is 19.9 Å². The topological polar surface area (TPSA) is 54.3 Å². The fourth-order valence-corrected chi connectivity index (χ4v) is 1.81. The second-order valence-electron chi connectivity index (χ2n) is 5.09. The van der Waals surface area contributed by atoms with Crippen LogP contribution in [0.4, 0.5) is 5.69 Å². The zero-order valence-corrected chi connectivity index (χ0v) is 12.6. The highest BCUT2D eigenvalue weighted by Gasteiger charge is 2.12. The van der Waals surface area contributed by atoms with Crippen LogP contribution in [0.2, 0.25) is 0 Å². The summed E-state index contributed by atoms with van der Waals surface area (Å²) in [6.07, 6.45) is 1.29. The number of unbranched alkanes of at least 4 members (excludes halogenated alkanes) is 1. The fraction of sp³-hybridized carbons (Fsp3) is 0.562. The summed E-state index contributed by atoms with van der Waals surface area (Å²) in [6, 6.07) is 10.3. The minimum absolute atomic E-state index is 0.272. The summed E-state index contributed by atoms with van der Waals surface area (Å²) in [6.45, 7) is 5.57.